The Morgan fingerprint density at radius 1 is 1.78 bits per heavy atom. The van der Waals surface area contributed by atoms with Crippen LogP contribution in [0, 0.1) is 0 Å². The van der Waals surface area contributed by atoms with Gasteiger partial charge >= 0.3 is 0 Å². The fraction of sp³-hybridized carbons (Fsp3) is 0.800. The first-order valence-corrected chi connectivity index (χ1v) is 5.54. The van der Waals surface area contributed by atoms with Crippen molar-refractivity contribution in [2.24, 2.45) is 0 Å². The first kappa shape index (κ1) is 9.55. The Bertz CT molecular complexity index is 89.0. The molecular formula is C5H10INOS. The highest BCUT2D eigenvalue weighted by Gasteiger charge is 1.95. The van der Waals surface area contributed by atoms with Crippen molar-refractivity contribution in [1.82, 2.24) is 5.32 Å². The third kappa shape index (κ3) is 6.44. The van der Waals surface area contributed by atoms with Crippen molar-refractivity contribution in [3.63, 3.8) is 0 Å². The van der Waals surface area contributed by atoms with Gasteiger partial charge < -0.3 is 5.32 Å². The first-order chi connectivity index (χ1) is 4.31. The Labute approximate surface area is 73.3 Å². The number of nitrogens with one attached hydrogen (secondary N) is 1. The predicted octanol–water partition coefficient (Wildman–Crippen LogP) is 0.901. The van der Waals surface area contributed by atoms with Crippen LogP contribution < -0.4 is 5.32 Å². The van der Waals surface area contributed by atoms with E-state index in [-0.39, 0.29) is 5.91 Å². The minimum absolute atomic E-state index is 0.138. The second-order valence-corrected chi connectivity index (χ2v) is 3.42. The summed E-state index contributed by atoms with van der Waals surface area (Å²) >= 11 is 3.77. The molecule has 0 spiro atoms. The normalized spacial score (nSPS) is 9.11. The van der Waals surface area contributed by atoms with E-state index in [0.717, 1.165) is 11.0 Å². The van der Waals surface area contributed by atoms with Gasteiger partial charge in [0.1, 0.15) is 0 Å². The maximum atomic E-state index is 10.7. The lowest BCUT2D eigenvalue weighted by Gasteiger charge is -1.98. The van der Waals surface area contributed by atoms with E-state index in [1.807, 2.05) is 6.26 Å². The molecule has 0 saturated heterocycles. The first-order valence-electron chi connectivity index (χ1n) is 2.63. The molecule has 0 saturated carbocycles. The summed E-state index contributed by atoms with van der Waals surface area (Å²) in [5, 5.41) is 2.77. The molecule has 0 bridgehead atoms. The van der Waals surface area contributed by atoms with Crippen molar-refractivity contribution in [1.29, 1.82) is 0 Å². The molecule has 1 amide bonds. The molecule has 0 rings (SSSR count). The summed E-state index contributed by atoms with van der Waals surface area (Å²) in [6, 6.07) is 0. The Kier molecular flexibility index (Phi) is 7.07. The number of alkyl halides is 1. The second kappa shape index (κ2) is 6.67. The zero-order valence-electron chi connectivity index (χ0n) is 5.32. The molecule has 0 aromatic heterocycles. The number of hydrogen-bond acceptors (Lipinski definition) is 2. The summed E-state index contributed by atoms with van der Waals surface area (Å²) in [5.74, 6) is 0.718. The molecule has 2 nitrogen and oxygen atoms in total. The van der Waals surface area contributed by atoms with Crippen LogP contribution in [0.15, 0.2) is 0 Å². The van der Waals surface area contributed by atoms with Gasteiger partial charge in [-0.15, -0.1) is 0 Å². The standard InChI is InChI=1S/C5H10INOS/c1-9-4-5(8)7-3-2-6/h2-4H2,1H3,(H,7,8). The minimum Gasteiger partial charge on any atom is -0.355 e. The number of carbonyl (C=O) groups excluding carboxylic acids is 1. The fourth-order valence-electron chi connectivity index (χ4n) is 0.369. The van der Waals surface area contributed by atoms with Crippen LogP contribution in [-0.4, -0.2) is 28.9 Å². The Morgan fingerprint density at radius 3 is 2.89 bits per heavy atom. The second-order valence-electron chi connectivity index (χ2n) is 1.47. The molecule has 4 heteroatoms. The molecule has 0 aromatic carbocycles. The zero-order chi connectivity index (χ0) is 7.11. The van der Waals surface area contributed by atoms with Gasteiger partial charge in [-0.25, -0.2) is 0 Å². The Balaban J connectivity index is 3.06. The summed E-state index contributed by atoms with van der Waals surface area (Å²) in [6.45, 7) is 0.792. The molecule has 0 radical (unpaired) electrons. The van der Waals surface area contributed by atoms with Crippen molar-refractivity contribution in [2.45, 2.75) is 0 Å². The highest BCUT2D eigenvalue weighted by Crippen LogP contribution is 1.88. The molecule has 0 aliphatic carbocycles. The van der Waals surface area contributed by atoms with Gasteiger partial charge in [-0.1, -0.05) is 22.6 Å². The van der Waals surface area contributed by atoms with Gasteiger partial charge in [-0.3, -0.25) is 4.79 Å². The van der Waals surface area contributed by atoms with Crippen LogP contribution in [0.3, 0.4) is 0 Å². The van der Waals surface area contributed by atoms with Crippen LogP contribution >= 0.6 is 34.4 Å². The van der Waals surface area contributed by atoms with Gasteiger partial charge in [0.25, 0.3) is 0 Å². The summed E-state index contributed by atoms with van der Waals surface area (Å²) in [4.78, 5) is 10.7. The van der Waals surface area contributed by atoms with Crippen LogP contribution in [0.5, 0.6) is 0 Å². The van der Waals surface area contributed by atoms with Crippen molar-refractivity contribution < 1.29 is 4.79 Å². The monoisotopic (exact) mass is 259 g/mol. The number of rotatable bonds is 4. The van der Waals surface area contributed by atoms with Gasteiger partial charge in [0.05, 0.1) is 5.75 Å². The van der Waals surface area contributed by atoms with E-state index >= 15 is 0 Å². The average Bonchev–Trinajstić information content (AvgIpc) is 1.85. The molecule has 0 fully saturated rings. The molecule has 0 aliphatic heterocycles. The van der Waals surface area contributed by atoms with E-state index in [9.17, 15) is 4.79 Å². The summed E-state index contributed by atoms with van der Waals surface area (Å²) in [7, 11) is 0. The zero-order valence-corrected chi connectivity index (χ0v) is 8.29. The molecule has 0 aromatic rings. The highest BCUT2D eigenvalue weighted by atomic mass is 127. The molecule has 0 heterocycles. The molecule has 1 N–H and O–H groups in total. The lowest BCUT2D eigenvalue weighted by molar-refractivity contribution is -0.118. The molecule has 9 heavy (non-hydrogen) atoms. The third-order valence-corrected chi connectivity index (χ3v) is 1.78. The Morgan fingerprint density at radius 2 is 2.44 bits per heavy atom. The highest BCUT2D eigenvalue weighted by molar-refractivity contribution is 14.1. The van der Waals surface area contributed by atoms with E-state index in [1.165, 1.54) is 0 Å². The molecule has 0 aliphatic rings. The predicted molar refractivity (Wildman–Crippen MR) is 50.3 cm³/mol. The maximum absolute atomic E-state index is 10.7. The van der Waals surface area contributed by atoms with E-state index in [4.69, 9.17) is 0 Å². The quantitative estimate of drug-likeness (QED) is 0.600. The summed E-state index contributed by atoms with van der Waals surface area (Å²) < 4.78 is 0.984. The van der Waals surface area contributed by atoms with Crippen molar-refractivity contribution in [2.75, 3.05) is 23.0 Å². The third-order valence-electron chi connectivity index (χ3n) is 0.692. The topological polar surface area (TPSA) is 29.1 Å². The van der Waals surface area contributed by atoms with Crippen LogP contribution in [-0.2, 0) is 4.79 Å². The van der Waals surface area contributed by atoms with E-state index in [2.05, 4.69) is 27.9 Å². The lowest BCUT2D eigenvalue weighted by atomic mass is 10.6. The van der Waals surface area contributed by atoms with Gasteiger partial charge in [-0.2, -0.15) is 11.8 Å². The number of carbonyl (C=O) groups is 1. The molecule has 0 unspecified atom stereocenters. The molecule has 0 atom stereocenters. The minimum atomic E-state index is 0.138. The maximum Gasteiger partial charge on any atom is 0.230 e. The van der Waals surface area contributed by atoms with Crippen molar-refractivity contribution in [3.05, 3.63) is 0 Å². The molecular weight excluding hydrogens is 249 g/mol. The van der Waals surface area contributed by atoms with Gasteiger partial charge in [-0.05, 0) is 6.26 Å². The van der Waals surface area contributed by atoms with Crippen LogP contribution in [0.1, 0.15) is 0 Å². The van der Waals surface area contributed by atoms with E-state index in [1.54, 1.807) is 11.8 Å². The number of halogens is 1. The lowest BCUT2D eigenvalue weighted by Crippen LogP contribution is -2.26. The number of amides is 1. The van der Waals surface area contributed by atoms with Crippen molar-refractivity contribution in [3.8, 4) is 0 Å². The summed E-state index contributed by atoms with van der Waals surface area (Å²) in [6.07, 6.45) is 1.92. The number of thioether (sulfide) groups is 1. The van der Waals surface area contributed by atoms with Gasteiger partial charge in [0.15, 0.2) is 0 Å². The van der Waals surface area contributed by atoms with E-state index in [0.29, 0.717) is 5.75 Å². The number of hydrogen-bond donors (Lipinski definition) is 1. The van der Waals surface area contributed by atoms with Gasteiger partial charge in [0.2, 0.25) is 5.91 Å². The van der Waals surface area contributed by atoms with Crippen molar-refractivity contribution >= 4 is 40.3 Å². The fourth-order valence-corrected chi connectivity index (χ4v) is 1.00. The van der Waals surface area contributed by atoms with Crippen LogP contribution in [0.4, 0.5) is 0 Å². The average molecular weight is 259 g/mol. The Hall–Kier alpha value is 0.550. The van der Waals surface area contributed by atoms with Gasteiger partial charge in [0, 0.05) is 11.0 Å². The molecule has 54 valence electrons. The van der Waals surface area contributed by atoms with Crippen LogP contribution in [0.25, 0.3) is 0 Å². The van der Waals surface area contributed by atoms with E-state index < -0.39 is 0 Å². The summed E-state index contributed by atoms with van der Waals surface area (Å²) in [5.41, 5.74) is 0. The van der Waals surface area contributed by atoms with Crippen LogP contribution in [0.2, 0.25) is 0 Å². The smallest absolute Gasteiger partial charge is 0.230 e. The largest absolute Gasteiger partial charge is 0.355 e. The SMILES string of the molecule is CSCC(=O)NCCI.